The number of aromatic nitrogens is 2. The third kappa shape index (κ3) is 3.99. The highest BCUT2D eigenvalue weighted by Crippen LogP contribution is 2.32. The Balaban J connectivity index is 1.55. The quantitative estimate of drug-likeness (QED) is 0.648. The van der Waals surface area contributed by atoms with Gasteiger partial charge in [-0.25, -0.2) is 9.18 Å². The van der Waals surface area contributed by atoms with Crippen LogP contribution in [0.3, 0.4) is 0 Å². The topological polar surface area (TPSA) is 71.3 Å². The summed E-state index contributed by atoms with van der Waals surface area (Å²) in [5.41, 5.74) is 1.15. The molecule has 6 nitrogen and oxygen atoms in total. The van der Waals surface area contributed by atoms with Gasteiger partial charge in [0.1, 0.15) is 11.9 Å². The minimum Gasteiger partial charge on any atom is -0.337 e. The average molecular weight is 401 g/mol. The normalized spacial score (nSPS) is 16.8. The first-order chi connectivity index (χ1) is 13.6. The molecule has 3 aromatic rings. The highest BCUT2D eigenvalue weighted by atomic mass is 35.5. The molecule has 1 aromatic heterocycles. The van der Waals surface area contributed by atoms with Gasteiger partial charge in [0, 0.05) is 22.8 Å². The van der Waals surface area contributed by atoms with Gasteiger partial charge in [-0.3, -0.25) is 0 Å². The van der Waals surface area contributed by atoms with E-state index in [1.807, 2.05) is 12.1 Å². The first kappa shape index (κ1) is 18.4. The molecule has 0 radical (unpaired) electrons. The van der Waals surface area contributed by atoms with E-state index < -0.39 is 5.82 Å². The number of hydrogen-bond acceptors (Lipinski definition) is 4. The molecule has 0 aliphatic carbocycles. The van der Waals surface area contributed by atoms with Crippen LogP contribution >= 0.6 is 11.6 Å². The van der Waals surface area contributed by atoms with Crippen molar-refractivity contribution in [1.82, 2.24) is 15.0 Å². The lowest BCUT2D eigenvalue weighted by Crippen LogP contribution is -2.41. The maximum absolute atomic E-state index is 13.4. The zero-order valence-corrected chi connectivity index (χ0v) is 15.7. The summed E-state index contributed by atoms with van der Waals surface area (Å²) in [4.78, 5) is 18.9. The van der Waals surface area contributed by atoms with Crippen LogP contribution < -0.4 is 5.32 Å². The lowest BCUT2D eigenvalue weighted by molar-refractivity contribution is 0.142. The number of amides is 2. The van der Waals surface area contributed by atoms with Crippen LogP contribution in [0.2, 0.25) is 5.02 Å². The molecule has 1 aliphatic rings. The maximum atomic E-state index is 13.4. The van der Waals surface area contributed by atoms with Gasteiger partial charge in [0.15, 0.2) is 0 Å². The summed E-state index contributed by atoms with van der Waals surface area (Å²) in [5.74, 6) is 0.397. The molecule has 0 unspecified atom stereocenters. The van der Waals surface area contributed by atoms with Gasteiger partial charge in [-0.05, 0) is 49.6 Å². The molecule has 0 bridgehead atoms. The Bertz CT molecular complexity index is 994. The summed E-state index contributed by atoms with van der Waals surface area (Å²) in [6.45, 7) is 0.556. The fourth-order valence-corrected chi connectivity index (χ4v) is 3.50. The Morgan fingerprint density at radius 1 is 1.21 bits per heavy atom. The van der Waals surface area contributed by atoms with Crippen LogP contribution in [0.15, 0.2) is 53.1 Å². The molecular formula is C20H18ClFN4O2. The van der Waals surface area contributed by atoms with E-state index in [9.17, 15) is 9.18 Å². The number of rotatable bonds is 3. The lowest BCUT2D eigenvalue weighted by Gasteiger charge is -2.33. The Morgan fingerprint density at radius 2 is 2.07 bits per heavy atom. The van der Waals surface area contributed by atoms with Crippen molar-refractivity contribution in [3.8, 4) is 11.4 Å². The van der Waals surface area contributed by atoms with Crippen LogP contribution in [0, 0.1) is 5.82 Å². The number of hydrogen-bond donors (Lipinski definition) is 1. The van der Waals surface area contributed by atoms with Crippen LogP contribution in [0.25, 0.3) is 11.4 Å². The van der Waals surface area contributed by atoms with Crippen LogP contribution in [-0.4, -0.2) is 27.6 Å². The number of urea groups is 1. The Morgan fingerprint density at radius 3 is 2.89 bits per heavy atom. The third-order valence-corrected chi connectivity index (χ3v) is 4.88. The highest BCUT2D eigenvalue weighted by molar-refractivity contribution is 6.30. The van der Waals surface area contributed by atoms with Gasteiger partial charge < -0.3 is 14.7 Å². The fourth-order valence-electron chi connectivity index (χ4n) is 3.31. The molecule has 1 aliphatic heterocycles. The number of nitrogens with one attached hydrogen (secondary N) is 1. The molecule has 144 valence electrons. The largest absolute Gasteiger partial charge is 0.337 e. The van der Waals surface area contributed by atoms with Gasteiger partial charge in [0.2, 0.25) is 11.7 Å². The number of benzene rings is 2. The highest BCUT2D eigenvalue weighted by Gasteiger charge is 2.32. The number of halogens is 2. The number of carbonyl (C=O) groups is 1. The predicted octanol–water partition coefficient (Wildman–Crippen LogP) is 5.29. The molecular weight excluding hydrogens is 383 g/mol. The minimum atomic E-state index is -0.406. The van der Waals surface area contributed by atoms with Crippen molar-refractivity contribution in [3.63, 3.8) is 0 Å². The third-order valence-electron chi connectivity index (χ3n) is 4.65. The number of anilines is 1. The summed E-state index contributed by atoms with van der Waals surface area (Å²) in [6.07, 6.45) is 2.54. The molecule has 2 heterocycles. The van der Waals surface area contributed by atoms with Gasteiger partial charge in [-0.2, -0.15) is 4.98 Å². The zero-order chi connectivity index (χ0) is 19.5. The second-order valence-electron chi connectivity index (χ2n) is 6.61. The van der Waals surface area contributed by atoms with Crippen LogP contribution in [0.1, 0.15) is 31.2 Å². The van der Waals surface area contributed by atoms with E-state index >= 15 is 0 Å². The zero-order valence-electron chi connectivity index (χ0n) is 14.9. The van der Waals surface area contributed by atoms with E-state index in [-0.39, 0.29) is 12.1 Å². The van der Waals surface area contributed by atoms with Crippen LogP contribution in [0.4, 0.5) is 14.9 Å². The summed E-state index contributed by atoms with van der Waals surface area (Å²) < 4.78 is 18.8. The molecule has 0 spiro atoms. The monoisotopic (exact) mass is 400 g/mol. The standard InChI is InChI=1S/C20H18ClFN4O2/c21-14-6-3-5-13(11-14)18-24-19(28-25-18)17-9-1-2-10-26(17)20(27)23-16-8-4-7-15(22)12-16/h3-8,11-12,17H,1-2,9-10H2,(H,23,27)/t17-/m1/s1. The molecule has 2 aromatic carbocycles. The minimum absolute atomic E-state index is 0.321. The van der Waals surface area contributed by atoms with E-state index in [1.165, 1.54) is 12.1 Å². The smallest absolute Gasteiger partial charge is 0.322 e. The van der Waals surface area contributed by atoms with Crippen molar-refractivity contribution >= 4 is 23.3 Å². The first-order valence-electron chi connectivity index (χ1n) is 9.03. The van der Waals surface area contributed by atoms with Crippen LogP contribution in [-0.2, 0) is 0 Å². The van der Waals surface area contributed by atoms with E-state index in [1.54, 1.807) is 29.2 Å². The number of likely N-dealkylation sites (tertiary alicyclic amines) is 1. The number of nitrogens with zero attached hydrogens (tertiary/aromatic N) is 3. The number of carbonyl (C=O) groups excluding carboxylic acids is 1. The lowest BCUT2D eigenvalue weighted by atomic mass is 10.0. The van der Waals surface area contributed by atoms with Crippen LogP contribution in [0.5, 0.6) is 0 Å². The van der Waals surface area contributed by atoms with Gasteiger partial charge in [0.05, 0.1) is 0 Å². The molecule has 1 N–H and O–H groups in total. The molecule has 2 amide bonds. The van der Waals surface area contributed by atoms with Gasteiger partial charge in [0.25, 0.3) is 0 Å². The Hall–Kier alpha value is -2.93. The van der Waals surface area contributed by atoms with Crippen molar-refractivity contribution < 1.29 is 13.7 Å². The predicted molar refractivity (Wildman–Crippen MR) is 103 cm³/mol. The summed E-state index contributed by atoms with van der Waals surface area (Å²) in [6, 6.07) is 12.3. The molecule has 4 rings (SSSR count). The molecule has 1 atom stereocenters. The molecule has 0 saturated carbocycles. The SMILES string of the molecule is O=C(Nc1cccc(F)c1)N1CCCC[C@@H]1c1nc(-c2cccc(Cl)c2)no1. The second-order valence-corrected chi connectivity index (χ2v) is 7.05. The number of piperidine rings is 1. The molecule has 8 heteroatoms. The van der Waals surface area contributed by atoms with Crippen molar-refractivity contribution in [3.05, 3.63) is 65.3 Å². The summed E-state index contributed by atoms with van der Waals surface area (Å²) in [5, 5.41) is 7.36. The Labute approximate surface area is 166 Å². The van der Waals surface area contributed by atoms with Crippen molar-refractivity contribution in [2.45, 2.75) is 25.3 Å². The summed E-state index contributed by atoms with van der Waals surface area (Å²) >= 11 is 6.03. The second kappa shape index (κ2) is 7.98. The van der Waals surface area contributed by atoms with Gasteiger partial charge >= 0.3 is 6.03 Å². The van der Waals surface area contributed by atoms with E-state index in [0.717, 1.165) is 18.4 Å². The Kier molecular flexibility index (Phi) is 5.25. The maximum Gasteiger partial charge on any atom is 0.322 e. The van der Waals surface area contributed by atoms with Crippen molar-refractivity contribution in [2.75, 3.05) is 11.9 Å². The van der Waals surface area contributed by atoms with E-state index in [4.69, 9.17) is 16.1 Å². The molecule has 28 heavy (non-hydrogen) atoms. The first-order valence-corrected chi connectivity index (χ1v) is 9.41. The summed E-state index contributed by atoms with van der Waals surface area (Å²) in [7, 11) is 0. The van der Waals surface area contributed by atoms with Crippen molar-refractivity contribution in [1.29, 1.82) is 0 Å². The van der Waals surface area contributed by atoms with Gasteiger partial charge in [-0.15, -0.1) is 0 Å². The molecule has 1 fully saturated rings. The van der Waals surface area contributed by atoms with E-state index in [0.29, 0.717) is 35.4 Å². The molecule has 1 saturated heterocycles. The average Bonchev–Trinajstić information content (AvgIpc) is 3.18. The van der Waals surface area contributed by atoms with E-state index in [2.05, 4.69) is 15.5 Å². The van der Waals surface area contributed by atoms with Crippen molar-refractivity contribution in [2.24, 2.45) is 0 Å². The van der Waals surface area contributed by atoms with Gasteiger partial charge in [-0.1, -0.05) is 35.0 Å². The fraction of sp³-hybridized carbons (Fsp3) is 0.250.